The Bertz CT molecular complexity index is 1380. The molecule has 0 atom stereocenters. The van der Waals surface area contributed by atoms with Gasteiger partial charge in [-0.15, -0.1) is 11.3 Å². The first-order valence-corrected chi connectivity index (χ1v) is 13.6. The van der Waals surface area contributed by atoms with Crippen molar-refractivity contribution in [1.29, 1.82) is 5.26 Å². The first-order chi connectivity index (χ1) is 16.5. The molecule has 0 aliphatic carbocycles. The van der Waals surface area contributed by atoms with Gasteiger partial charge in [0.15, 0.2) is 15.8 Å². The van der Waals surface area contributed by atoms with E-state index in [-0.39, 0.29) is 6.61 Å². The van der Waals surface area contributed by atoms with Crippen LogP contribution in [0.5, 0.6) is 11.5 Å². The summed E-state index contributed by atoms with van der Waals surface area (Å²) in [7, 11) is 0. The topological polar surface area (TPSA) is 55.1 Å². The van der Waals surface area contributed by atoms with E-state index >= 15 is 0 Å². The van der Waals surface area contributed by atoms with Crippen molar-refractivity contribution in [2.24, 2.45) is 0 Å². The largest absolute Gasteiger partial charge is 0.490 e. The Kier molecular flexibility index (Phi) is 8.61. The van der Waals surface area contributed by atoms with Gasteiger partial charge in [0.1, 0.15) is 12.7 Å². The lowest BCUT2D eigenvalue weighted by atomic mass is 10.2. The van der Waals surface area contributed by atoms with Gasteiger partial charge in [0.05, 0.1) is 25.3 Å². The molecule has 4 rings (SSSR count). The van der Waals surface area contributed by atoms with Crippen LogP contribution in [-0.4, -0.2) is 11.6 Å². The van der Waals surface area contributed by atoms with Gasteiger partial charge in [0.25, 0.3) is 0 Å². The van der Waals surface area contributed by atoms with Crippen molar-refractivity contribution in [2.45, 2.75) is 17.9 Å². The number of benzene rings is 3. The summed E-state index contributed by atoms with van der Waals surface area (Å²) in [5.74, 6) is 1.23. The molecule has 1 aromatic heterocycles. The molecule has 4 aromatic rings. The molecule has 0 saturated carbocycles. The number of fused-ring (bicyclic) bond motifs is 1. The average molecular weight is 639 g/mol. The van der Waals surface area contributed by atoms with Crippen molar-refractivity contribution in [3.05, 3.63) is 84.2 Å². The molecule has 0 saturated heterocycles. The lowest BCUT2D eigenvalue weighted by Gasteiger charge is -2.15. The molecule has 0 bridgehead atoms. The fourth-order valence-corrected chi connectivity index (χ4v) is 6.31. The number of halogens is 3. The third-order valence-corrected chi connectivity index (χ3v) is 8.01. The normalized spacial score (nSPS) is 11.4. The van der Waals surface area contributed by atoms with Gasteiger partial charge in [-0.25, -0.2) is 4.98 Å². The summed E-state index contributed by atoms with van der Waals surface area (Å²) in [5, 5.41) is 10.9. The summed E-state index contributed by atoms with van der Waals surface area (Å²) in [5.41, 5.74) is 2.60. The van der Waals surface area contributed by atoms with E-state index < -0.39 is 0 Å². The van der Waals surface area contributed by atoms with Gasteiger partial charge in [-0.05, 0) is 89.3 Å². The van der Waals surface area contributed by atoms with E-state index in [9.17, 15) is 5.26 Å². The number of allylic oxidation sites excluding steroid dienone is 1. The van der Waals surface area contributed by atoms with Crippen LogP contribution >= 0.6 is 68.9 Å². The summed E-state index contributed by atoms with van der Waals surface area (Å²) >= 11 is 17.4. The van der Waals surface area contributed by atoms with Gasteiger partial charge in [0.2, 0.25) is 0 Å². The maximum absolute atomic E-state index is 9.73. The van der Waals surface area contributed by atoms with Gasteiger partial charge in [-0.2, -0.15) is 5.26 Å². The zero-order valence-electron chi connectivity index (χ0n) is 17.8. The highest BCUT2D eigenvalue weighted by atomic mass is 127. The van der Waals surface area contributed by atoms with E-state index in [0.29, 0.717) is 33.1 Å². The van der Waals surface area contributed by atoms with E-state index in [2.05, 4.69) is 33.6 Å². The van der Waals surface area contributed by atoms with Crippen LogP contribution in [0.25, 0.3) is 16.3 Å². The van der Waals surface area contributed by atoms with Crippen LogP contribution in [0.2, 0.25) is 10.0 Å². The maximum Gasteiger partial charge on any atom is 0.175 e. The Morgan fingerprint density at radius 1 is 1.18 bits per heavy atom. The monoisotopic (exact) mass is 638 g/mol. The van der Waals surface area contributed by atoms with Crippen molar-refractivity contribution >= 4 is 85.2 Å². The smallest absolute Gasteiger partial charge is 0.175 e. The van der Waals surface area contributed by atoms with Gasteiger partial charge in [0, 0.05) is 15.6 Å². The number of ether oxygens (including phenoxy) is 2. The number of thiazole rings is 1. The Morgan fingerprint density at radius 2 is 2.00 bits per heavy atom. The third-order valence-electron chi connectivity index (χ3n) is 4.60. The first-order valence-electron chi connectivity index (χ1n) is 10.1. The number of hydrogen-bond donors (Lipinski definition) is 0. The Labute approximate surface area is 229 Å². The number of aromatic nitrogens is 1. The second-order valence-corrected chi connectivity index (χ2v) is 11.3. The average Bonchev–Trinajstić information content (AvgIpc) is 3.22. The lowest BCUT2D eigenvalue weighted by Crippen LogP contribution is -2.02. The van der Waals surface area contributed by atoms with E-state index in [0.717, 1.165) is 29.3 Å². The van der Waals surface area contributed by atoms with Gasteiger partial charge < -0.3 is 9.47 Å². The molecule has 34 heavy (non-hydrogen) atoms. The number of rotatable bonds is 8. The Hall–Kier alpha value is -1.96. The quantitative estimate of drug-likeness (QED) is 0.110. The number of hydrogen-bond acceptors (Lipinski definition) is 6. The zero-order valence-corrected chi connectivity index (χ0v) is 23.2. The predicted octanol–water partition coefficient (Wildman–Crippen LogP) is 8.84. The molecule has 0 aliphatic rings. The number of nitriles is 1. The summed E-state index contributed by atoms with van der Waals surface area (Å²) in [6.07, 6.45) is 1.83. The van der Waals surface area contributed by atoms with Gasteiger partial charge in [-0.1, -0.05) is 41.4 Å². The molecule has 0 amide bonds. The van der Waals surface area contributed by atoms with Crippen molar-refractivity contribution in [2.75, 3.05) is 6.61 Å². The van der Waals surface area contributed by atoms with Crippen molar-refractivity contribution < 1.29 is 9.47 Å². The highest BCUT2D eigenvalue weighted by Gasteiger charge is 2.14. The molecule has 0 aliphatic heterocycles. The summed E-state index contributed by atoms with van der Waals surface area (Å²) < 4.78 is 14.7. The van der Waals surface area contributed by atoms with Crippen molar-refractivity contribution in [3.63, 3.8) is 0 Å². The Balaban J connectivity index is 1.58. The van der Waals surface area contributed by atoms with Gasteiger partial charge >= 0.3 is 0 Å². The van der Waals surface area contributed by atoms with Crippen LogP contribution in [-0.2, 0) is 6.61 Å². The minimum atomic E-state index is 0.276. The highest BCUT2D eigenvalue weighted by molar-refractivity contribution is 14.1. The molecule has 0 spiro atoms. The number of para-hydroxylation sites is 1. The van der Waals surface area contributed by atoms with E-state index in [1.54, 1.807) is 23.5 Å². The maximum atomic E-state index is 9.73. The summed E-state index contributed by atoms with van der Waals surface area (Å²) in [4.78, 5) is 5.15. The third kappa shape index (κ3) is 6.18. The van der Waals surface area contributed by atoms with Crippen LogP contribution in [0.1, 0.15) is 18.1 Å². The SMILES string of the molecule is CCOc1cc(/C=C(\C#N)Sc2nc3ccccc3s2)cc(I)c1OCc1ccc(Cl)cc1Cl. The zero-order chi connectivity index (χ0) is 24.1. The molecule has 0 fully saturated rings. The van der Waals surface area contributed by atoms with Crippen LogP contribution in [0, 0.1) is 14.9 Å². The van der Waals surface area contributed by atoms with Crippen LogP contribution < -0.4 is 9.47 Å². The molecule has 9 heteroatoms. The fourth-order valence-electron chi connectivity index (χ4n) is 3.09. The number of thioether (sulfide) groups is 1. The molecule has 0 N–H and O–H groups in total. The van der Waals surface area contributed by atoms with Crippen LogP contribution in [0.15, 0.2) is 63.8 Å². The molecule has 1 heterocycles. The molecular weight excluding hydrogens is 622 g/mol. The molecule has 172 valence electrons. The standard InChI is InChI=1S/C25H17Cl2IN2O2S2/c1-2-31-22-11-15(9-18(13-29)33-25-30-21-5-3-4-6-23(21)34-25)10-20(28)24(22)32-14-16-7-8-17(26)12-19(16)27/h3-12H,2,14H2,1H3/b18-9+. The highest BCUT2D eigenvalue weighted by Crippen LogP contribution is 2.38. The molecule has 0 unspecified atom stereocenters. The van der Waals surface area contributed by atoms with Crippen molar-refractivity contribution in [1.82, 2.24) is 4.98 Å². The van der Waals surface area contributed by atoms with Crippen LogP contribution in [0.4, 0.5) is 0 Å². The summed E-state index contributed by atoms with van der Waals surface area (Å²) in [6, 6.07) is 19.4. The lowest BCUT2D eigenvalue weighted by molar-refractivity contribution is 0.267. The van der Waals surface area contributed by atoms with E-state index in [4.69, 9.17) is 32.7 Å². The van der Waals surface area contributed by atoms with Crippen LogP contribution in [0.3, 0.4) is 0 Å². The Morgan fingerprint density at radius 3 is 2.74 bits per heavy atom. The van der Waals surface area contributed by atoms with Crippen molar-refractivity contribution in [3.8, 4) is 17.6 Å². The minimum absolute atomic E-state index is 0.276. The predicted molar refractivity (Wildman–Crippen MR) is 150 cm³/mol. The van der Waals surface area contributed by atoms with E-state index in [1.807, 2.05) is 55.5 Å². The van der Waals surface area contributed by atoms with Gasteiger partial charge in [-0.3, -0.25) is 0 Å². The molecule has 3 aromatic carbocycles. The summed E-state index contributed by atoms with van der Waals surface area (Å²) in [6.45, 7) is 2.67. The number of nitrogens with zero attached hydrogens (tertiary/aromatic N) is 2. The molecule has 0 radical (unpaired) electrons. The molecular formula is C25H17Cl2IN2O2S2. The first kappa shape index (κ1) is 25.1. The second-order valence-electron chi connectivity index (χ2n) is 6.96. The second kappa shape index (κ2) is 11.6. The fraction of sp³-hybridized carbons (Fsp3) is 0.120. The van der Waals surface area contributed by atoms with E-state index in [1.165, 1.54) is 11.8 Å². The molecule has 4 nitrogen and oxygen atoms in total. The minimum Gasteiger partial charge on any atom is -0.490 e.